The first-order valence-electron chi connectivity index (χ1n) is 24.7. The van der Waals surface area contributed by atoms with Crippen molar-refractivity contribution in [1.82, 2.24) is 5.32 Å². The number of carbonyl (C=O) groups is 3. The van der Waals surface area contributed by atoms with E-state index in [0.29, 0.717) is 30.5 Å². The van der Waals surface area contributed by atoms with Crippen LogP contribution >= 0.6 is 50.7 Å². The highest BCUT2D eigenvalue weighted by Crippen LogP contribution is 2.43. The molecule has 3 atom stereocenters. The number of rotatable bonds is 16. The lowest BCUT2D eigenvalue weighted by atomic mass is 9.64. The van der Waals surface area contributed by atoms with E-state index in [1.165, 1.54) is 17.2 Å². The van der Waals surface area contributed by atoms with Crippen LogP contribution in [0, 0.1) is 29.5 Å². The van der Waals surface area contributed by atoms with Crippen LogP contribution in [-0.2, 0) is 30.6 Å². The monoisotopic (exact) mass is 1070 g/mol. The molecule has 4 aromatic rings. The van der Waals surface area contributed by atoms with Gasteiger partial charge in [-0.2, -0.15) is 0 Å². The highest BCUT2D eigenvalue weighted by atomic mass is 79.9. The van der Waals surface area contributed by atoms with Crippen molar-refractivity contribution < 1.29 is 18.8 Å². The van der Waals surface area contributed by atoms with Crippen molar-refractivity contribution in [2.75, 3.05) is 26.2 Å². The Hall–Kier alpha value is -3.21. The molecule has 0 bridgehead atoms. The highest BCUT2D eigenvalue weighted by Gasteiger charge is 2.42. The molecule has 378 valence electrons. The second-order valence-corrected chi connectivity index (χ2v) is 22.3. The Bertz CT molecular complexity index is 2250. The number of hydrogen-bond acceptors (Lipinski definition) is 6. The number of Topliss-reactive ketones (excluding diaryl/α,β-unsaturated/α-hetero) is 3. The zero-order chi connectivity index (χ0) is 51.7. The maximum absolute atomic E-state index is 13.7. The van der Waals surface area contributed by atoms with Gasteiger partial charge in [-0.25, -0.2) is 4.39 Å². The standard InChI is InChI=1S/C16H20ClFO.C15H20ClN.C14H20ClNO.C13H18BrNO/c1-11(2)15(19)16(8-4-3-5-9-16)12-6-7-13(17)14(18)10-12;1-11(2)12(3)15(8-9-17-10-15)13-4-6-14(16)7-5-13;1-10(2)13(17)14(3,8-9-16)11-4-6-12(15)7-5-11;1-9(2)13(16)12(7-8-15)10-3-5-11(14)6-4-10/h6-7,10-11H,3-5,8-9H2,1-2H3;4-7,11,17H,3,8-10H2,1-2H3;4-7,10H,8-9,16H2,1-3H3;3-6,9,12H,7-8,15H2,1-2H3. The molecule has 6 nitrogen and oxygen atoms in total. The number of benzene rings is 4. The molecule has 2 aliphatic rings. The molecule has 3 unspecified atom stereocenters. The quantitative estimate of drug-likeness (QED) is 0.0963. The first-order valence-corrected chi connectivity index (χ1v) is 26.6. The van der Waals surface area contributed by atoms with Gasteiger partial charge in [0.15, 0.2) is 0 Å². The minimum absolute atomic E-state index is 0.00206. The third-order valence-electron chi connectivity index (χ3n) is 13.9. The molecule has 0 aromatic heterocycles. The van der Waals surface area contributed by atoms with Crippen LogP contribution in [0.4, 0.5) is 4.39 Å². The molecule has 0 amide bonds. The van der Waals surface area contributed by atoms with Gasteiger partial charge in [-0.1, -0.05) is 180 Å². The predicted octanol–water partition coefficient (Wildman–Crippen LogP) is 15.0. The number of nitrogens with two attached hydrogens (primary N) is 2. The average molecular weight is 1070 g/mol. The molecule has 1 heterocycles. The van der Waals surface area contributed by atoms with Crippen LogP contribution in [0.1, 0.15) is 142 Å². The maximum Gasteiger partial charge on any atom is 0.145 e. The normalized spacial score (nSPS) is 17.7. The van der Waals surface area contributed by atoms with Crippen molar-refractivity contribution in [1.29, 1.82) is 0 Å². The topological polar surface area (TPSA) is 115 Å². The fourth-order valence-electron chi connectivity index (χ4n) is 9.79. The lowest BCUT2D eigenvalue weighted by Gasteiger charge is -2.37. The smallest absolute Gasteiger partial charge is 0.145 e. The molecule has 2 fully saturated rings. The minimum atomic E-state index is -0.506. The van der Waals surface area contributed by atoms with E-state index in [0.717, 1.165) is 84.2 Å². The molecule has 4 aromatic carbocycles. The fraction of sp³-hybridized carbons (Fsp3) is 0.500. The zero-order valence-corrected chi connectivity index (χ0v) is 46.4. The highest BCUT2D eigenvalue weighted by molar-refractivity contribution is 9.10. The van der Waals surface area contributed by atoms with Crippen molar-refractivity contribution in [3.8, 4) is 0 Å². The van der Waals surface area contributed by atoms with Crippen LogP contribution in [-0.4, -0.2) is 43.5 Å². The Morgan fingerprint density at radius 3 is 1.71 bits per heavy atom. The Morgan fingerprint density at radius 2 is 1.26 bits per heavy atom. The lowest BCUT2D eigenvalue weighted by molar-refractivity contribution is -0.129. The molecule has 0 spiro atoms. The Kier molecular flexibility index (Phi) is 24.5. The van der Waals surface area contributed by atoms with E-state index in [1.807, 2.05) is 115 Å². The number of carbonyl (C=O) groups excluding carboxylic acids is 3. The van der Waals surface area contributed by atoms with Gasteiger partial charge in [-0.15, -0.1) is 0 Å². The minimum Gasteiger partial charge on any atom is -0.330 e. The van der Waals surface area contributed by atoms with Gasteiger partial charge in [0.25, 0.3) is 0 Å². The van der Waals surface area contributed by atoms with Crippen molar-refractivity contribution in [2.24, 2.45) is 35.1 Å². The first kappa shape index (κ1) is 60.1. The van der Waals surface area contributed by atoms with Gasteiger partial charge in [0.05, 0.1) is 15.9 Å². The maximum atomic E-state index is 13.7. The predicted molar refractivity (Wildman–Crippen MR) is 293 cm³/mol. The van der Waals surface area contributed by atoms with Gasteiger partial charge >= 0.3 is 0 Å². The van der Waals surface area contributed by atoms with Crippen molar-refractivity contribution in [2.45, 2.75) is 136 Å². The molecule has 1 aliphatic carbocycles. The third-order valence-corrected chi connectivity index (χ3v) is 15.2. The molecule has 0 radical (unpaired) electrons. The Morgan fingerprint density at radius 1 is 0.710 bits per heavy atom. The SMILES string of the molecule is C=C(C(C)C)C1(c2ccc(Cl)cc2)CCNC1.CC(C)C(=O)C(C)(CCN)c1ccc(Cl)cc1.CC(C)C(=O)C(CCN)c1ccc(Br)cc1.CC(C)C(=O)C1(c2ccc(Cl)c(F)c2)CCCCC1. The summed E-state index contributed by atoms with van der Waals surface area (Å²) in [6, 6.07) is 28.4. The van der Waals surface area contributed by atoms with E-state index < -0.39 is 16.6 Å². The van der Waals surface area contributed by atoms with E-state index in [4.69, 9.17) is 46.3 Å². The summed E-state index contributed by atoms with van der Waals surface area (Å²) in [7, 11) is 0. The Labute approximate surface area is 437 Å². The van der Waals surface area contributed by atoms with E-state index in [1.54, 1.807) is 6.07 Å². The van der Waals surface area contributed by atoms with Crippen LogP contribution in [0.5, 0.6) is 0 Å². The van der Waals surface area contributed by atoms with E-state index in [9.17, 15) is 18.8 Å². The number of hydrogen-bond donors (Lipinski definition) is 3. The second kappa shape index (κ2) is 28.1. The second-order valence-electron chi connectivity index (χ2n) is 20.1. The van der Waals surface area contributed by atoms with Crippen LogP contribution in [0.15, 0.2) is 108 Å². The van der Waals surface area contributed by atoms with Crippen LogP contribution in [0.25, 0.3) is 0 Å². The van der Waals surface area contributed by atoms with Gasteiger partial charge < -0.3 is 16.8 Å². The van der Waals surface area contributed by atoms with Crippen molar-refractivity contribution in [3.05, 3.63) is 151 Å². The summed E-state index contributed by atoms with van der Waals surface area (Å²) >= 11 is 21.0. The number of halogens is 5. The molecule has 69 heavy (non-hydrogen) atoms. The third kappa shape index (κ3) is 16.1. The first-order chi connectivity index (χ1) is 32.5. The van der Waals surface area contributed by atoms with E-state index in [2.05, 4.69) is 53.8 Å². The van der Waals surface area contributed by atoms with E-state index >= 15 is 0 Å². The lowest BCUT2D eigenvalue weighted by Crippen LogP contribution is -2.40. The summed E-state index contributed by atoms with van der Waals surface area (Å²) in [6.45, 7) is 25.4. The average Bonchev–Trinajstić information content (AvgIpc) is 3.83. The van der Waals surface area contributed by atoms with Crippen molar-refractivity contribution in [3.63, 3.8) is 0 Å². The zero-order valence-electron chi connectivity index (χ0n) is 42.5. The summed E-state index contributed by atoms with van der Waals surface area (Å²) in [6.07, 6.45) is 7.38. The number of nitrogens with one attached hydrogen (secondary N) is 1. The molecular weight excluding hydrogens is 992 g/mol. The van der Waals surface area contributed by atoms with Crippen LogP contribution < -0.4 is 16.8 Å². The van der Waals surface area contributed by atoms with E-state index in [-0.39, 0.29) is 51.5 Å². The van der Waals surface area contributed by atoms with Crippen LogP contribution in [0.2, 0.25) is 15.1 Å². The fourth-order valence-corrected chi connectivity index (χ4v) is 10.4. The Balaban J connectivity index is 0.000000244. The molecule has 6 rings (SSSR count). The largest absolute Gasteiger partial charge is 0.330 e. The molecular formula is C58H78BrCl3FN3O3. The van der Waals surface area contributed by atoms with Crippen LogP contribution in [0.3, 0.4) is 0 Å². The van der Waals surface area contributed by atoms with Gasteiger partial charge in [0.2, 0.25) is 0 Å². The van der Waals surface area contributed by atoms with Gasteiger partial charge in [0, 0.05) is 50.1 Å². The molecule has 5 N–H and O–H groups in total. The summed E-state index contributed by atoms with van der Waals surface area (Å²) < 4.78 is 14.8. The summed E-state index contributed by atoms with van der Waals surface area (Å²) in [5.74, 6) is 0.774. The van der Waals surface area contributed by atoms with Crippen molar-refractivity contribution >= 4 is 68.1 Å². The van der Waals surface area contributed by atoms with Gasteiger partial charge in [-0.3, -0.25) is 14.4 Å². The number of ketones is 3. The summed E-state index contributed by atoms with van der Waals surface area (Å²) in [4.78, 5) is 37.1. The summed E-state index contributed by atoms with van der Waals surface area (Å²) in [5.41, 5.74) is 15.8. The molecule has 1 saturated heterocycles. The van der Waals surface area contributed by atoms with Gasteiger partial charge in [0.1, 0.15) is 23.2 Å². The molecule has 1 aliphatic heterocycles. The molecule has 11 heteroatoms. The van der Waals surface area contributed by atoms with Gasteiger partial charge in [-0.05, 0) is 135 Å². The summed E-state index contributed by atoms with van der Waals surface area (Å²) in [5, 5.41) is 5.06. The molecule has 1 saturated carbocycles.